The standard InChI is InChI=1S/C46H30N4/c1-5-15-31(16-6-1)34-25-28-43-39(29-34)38-27-26-37-36-23-13-14-24-42(36)49(35-21-11-4-12-22-35)44(37)45(38)50(43)46-47-40(32-17-7-2-8-18-32)30-41(48-46)33-19-9-3-10-20-33/h1-30H. The largest absolute Gasteiger partial charge is 0.307 e. The van der Waals surface area contributed by atoms with Crippen molar-refractivity contribution in [3.05, 3.63) is 182 Å². The second-order valence-corrected chi connectivity index (χ2v) is 12.6. The molecule has 10 aromatic rings. The molecular formula is C46H30N4. The Bertz CT molecular complexity index is 2780. The molecule has 0 bridgehead atoms. The van der Waals surface area contributed by atoms with Gasteiger partial charge >= 0.3 is 0 Å². The Morgan fingerprint density at radius 3 is 1.46 bits per heavy atom. The molecule has 0 aliphatic rings. The van der Waals surface area contributed by atoms with Gasteiger partial charge in [0.1, 0.15) is 0 Å². The molecule has 0 N–H and O–H groups in total. The van der Waals surface area contributed by atoms with Gasteiger partial charge in [0.15, 0.2) is 0 Å². The number of hydrogen-bond donors (Lipinski definition) is 0. The van der Waals surface area contributed by atoms with E-state index < -0.39 is 0 Å². The fourth-order valence-corrected chi connectivity index (χ4v) is 7.46. The van der Waals surface area contributed by atoms with Gasteiger partial charge in [-0.2, -0.15) is 0 Å². The van der Waals surface area contributed by atoms with Gasteiger partial charge < -0.3 is 4.57 Å². The molecular weight excluding hydrogens is 609 g/mol. The lowest BCUT2D eigenvalue weighted by Crippen LogP contribution is -2.05. The molecule has 0 aliphatic heterocycles. The Hall–Kier alpha value is -6.78. The van der Waals surface area contributed by atoms with E-state index in [0.29, 0.717) is 5.95 Å². The summed E-state index contributed by atoms with van der Waals surface area (Å²) < 4.78 is 4.69. The van der Waals surface area contributed by atoms with Crippen molar-refractivity contribution in [1.82, 2.24) is 19.1 Å². The maximum Gasteiger partial charge on any atom is 0.235 e. The maximum absolute atomic E-state index is 5.36. The molecule has 0 fully saturated rings. The molecule has 3 heterocycles. The van der Waals surface area contributed by atoms with Crippen molar-refractivity contribution in [2.45, 2.75) is 0 Å². The highest BCUT2D eigenvalue weighted by Gasteiger charge is 2.23. The van der Waals surface area contributed by atoms with E-state index in [9.17, 15) is 0 Å². The van der Waals surface area contributed by atoms with E-state index in [-0.39, 0.29) is 0 Å². The second kappa shape index (κ2) is 11.4. The fraction of sp³-hybridized carbons (Fsp3) is 0. The van der Waals surface area contributed by atoms with Crippen LogP contribution in [0.2, 0.25) is 0 Å². The van der Waals surface area contributed by atoms with Crippen molar-refractivity contribution in [3.63, 3.8) is 0 Å². The van der Waals surface area contributed by atoms with Gasteiger partial charge in [-0.25, -0.2) is 9.97 Å². The van der Waals surface area contributed by atoms with Crippen LogP contribution in [0.1, 0.15) is 0 Å². The van der Waals surface area contributed by atoms with E-state index in [1.165, 1.54) is 21.9 Å². The first-order valence-corrected chi connectivity index (χ1v) is 16.9. The Morgan fingerprint density at radius 1 is 0.320 bits per heavy atom. The Morgan fingerprint density at radius 2 is 0.820 bits per heavy atom. The van der Waals surface area contributed by atoms with Gasteiger partial charge in [-0.05, 0) is 47.5 Å². The minimum atomic E-state index is 0.634. The lowest BCUT2D eigenvalue weighted by molar-refractivity contribution is 0.995. The third kappa shape index (κ3) is 4.46. The minimum absolute atomic E-state index is 0.634. The fourth-order valence-electron chi connectivity index (χ4n) is 7.46. The number of para-hydroxylation sites is 2. The van der Waals surface area contributed by atoms with Crippen molar-refractivity contribution >= 4 is 43.6 Å². The molecule has 10 rings (SSSR count). The van der Waals surface area contributed by atoms with Crippen molar-refractivity contribution in [3.8, 4) is 45.3 Å². The zero-order valence-corrected chi connectivity index (χ0v) is 27.1. The van der Waals surface area contributed by atoms with E-state index in [2.05, 4.69) is 179 Å². The van der Waals surface area contributed by atoms with Gasteiger partial charge in [0, 0.05) is 38.4 Å². The molecule has 4 heteroatoms. The van der Waals surface area contributed by atoms with Crippen molar-refractivity contribution in [2.75, 3.05) is 0 Å². The van der Waals surface area contributed by atoms with Crippen LogP contribution in [0.15, 0.2) is 182 Å². The van der Waals surface area contributed by atoms with Crippen molar-refractivity contribution in [2.24, 2.45) is 0 Å². The Kier molecular flexibility index (Phi) is 6.46. The average Bonchev–Trinajstić information content (AvgIpc) is 3.72. The topological polar surface area (TPSA) is 35.6 Å². The van der Waals surface area contributed by atoms with Crippen LogP contribution in [-0.2, 0) is 0 Å². The van der Waals surface area contributed by atoms with Gasteiger partial charge in [-0.3, -0.25) is 4.57 Å². The predicted molar refractivity (Wildman–Crippen MR) is 207 cm³/mol. The highest BCUT2D eigenvalue weighted by molar-refractivity contribution is 6.24. The molecule has 0 unspecified atom stereocenters. The number of aromatic nitrogens is 4. The molecule has 0 spiro atoms. The normalized spacial score (nSPS) is 11.6. The number of fused-ring (bicyclic) bond motifs is 7. The first-order valence-electron chi connectivity index (χ1n) is 16.9. The smallest absolute Gasteiger partial charge is 0.235 e. The van der Waals surface area contributed by atoms with E-state index in [0.717, 1.165) is 61.0 Å². The monoisotopic (exact) mass is 638 g/mol. The van der Waals surface area contributed by atoms with Crippen LogP contribution in [0.4, 0.5) is 0 Å². The summed E-state index contributed by atoms with van der Waals surface area (Å²) in [4.78, 5) is 10.7. The van der Waals surface area contributed by atoms with E-state index in [1.54, 1.807) is 0 Å². The molecule has 0 aliphatic carbocycles. The molecule has 0 radical (unpaired) electrons. The minimum Gasteiger partial charge on any atom is -0.307 e. The molecule has 0 saturated carbocycles. The number of hydrogen-bond acceptors (Lipinski definition) is 2. The summed E-state index contributed by atoms with van der Waals surface area (Å²) in [6, 6.07) is 64.2. The summed E-state index contributed by atoms with van der Waals surface area (Å²) in [5.74, 6) is 0.634. The molecule has 3 aromatic heterocycles. The molecule has 4 nitrogen and oxygen atoms in total. The summed E-state index contributed by atoms with van der Waals surface area (Å²) in [5, 5.41) is 4.70. The third-order valence-electron chi connectivity index (χ3n) is 9.74. The summed E-state index contributed by atoms with van der Waals surface area (Å²) >= 11 is 0. The number of rotatable bonds is 5. The van der Waals surface area contributed by atoms with E-state index in [4.69, 9.17) is 9.97 Å². The zero-order valence-electron chi connectivity index (χ0n) is 27.1. The Labute approximate surface area is 289 Å². The number of nitrogens with zero attached hydrogens (tertiary/aromatic N) is 4. The highest BCUT2D eigenvalue weighted by atomic mass is 15.2. The summed E-state index contributed by atoms with van der Waals surface area (Å²) in [7, 11) is 0. The lowest BCUT2D eigenvalue weighted by atomic mass is 10.0. The molecule has 234 valence electrons. The quantitative estimate of drug-likeness (QED) is 0.188. The molecule has 50 heavy (non-hydrogen) atoms. The lowest BCUT2D eigenvalue weighted by Gasteiger charge is -2.14. The van der Waals surface area contributed by atoms with Crippen molar-refractivity contribution < 1.29 is 0 Å². The Balaban J connectivity index is 1.39. The number of benzene rings is 7. The first-order chi connectivity index (χ1) is 24.8. The van der Waals surface area contributed by atoms with Gasteiger partial charge in [-0.1, -0.05) is 146 Å². The predicted octanol–water partition coefficient (Wildman–Crippen LogP) is 11.7. The third-order valence-corrected chi connectivity index (χ3v) is 9.74. The van der Waals surface area contributed by atoms with Gasteiger partial charge in [0.2, 0.25) is 5.95 Å². The second-order valence-electron chi connectivity index (χ2n) is 12.6. The summed E-state index contributed by atoms with van der Waals surface area (Å²) in [6.07, 6.45) is 0. The molecule has 7 aromatic carbocycles. The maximum atomic E-state index is 5.36. The zero-order chi connectivity index (χ0) is 33.0. The van der Waals surface area contributed by atoms with Crippen LogP contribution in [-0.4, -0.2) is 19.1 Å². The molecule has 0 saturated heterocycles. The van der Waals surface area contributed by atoms with Crippen LogP contribution in [0, 0.1) is 0 Å². The van der Waals surface area contributed by atoms with Crippen LogP contribution in [0.25, 0.3) is 88.9 Å². The van der Waals surface area contributed by atoms with Gasteiger partial charge in [0.05, 0.1) is 33.5 Å². The average molecular weight is 639 g/mol. The molecule has 0 atom stereocenters. The van der Waals surface area contributed by atoms with E-state index in [1.807, 2.05) is 12.1 Å². The van der Waals surface area contributed by atoms with Crippen LogP contribution in [0.3, 0.4) is 0 Å². The SMILES string of the molecule is c1ccc(-c2ccc3c(c2)c2ccc4c5ccccc5n(-c5ccccc5)c4c2n3-c2nc(-c3ccccc3)cc(-c3ccccc3)n2)cc1. The summed E-state index contributed by atoms with van der Waals surface area (Å²) in [5.41, 5.74) is 11.7. The highest BCUT2D eigenvalue weighted by Crippen LogP contribution is 2.42. The van der Waals surface area contributed by atoms with Crippen LogP contribution < -0.4 is 0 Å². The van der Waals surface area contributed by atoms with Crippen LogP contribution >= 0.6 is 0 Å². The van der Waals surface area contributed by atoms with E-state index >= 15 is 0 Å². The van der Waals surface area contributed by atoms with Gasteiger partial charge in [0.25, 0.3) is 0 Å². The van der Waals surface area contributed by atoms with Crippen molar-refractivity contribution in [1.29, 1.82) is 0 Å². The van der Waals surface area contributed by atoms with Gasteiger partial charge in [-0.15, -0.1) is 0 Å². The van der Waals surface area contributed by atoms with Crippen LogP contribution in [0.5, 0.6) is 0 Å². The summed E-state index contributed by atoms with van der Waals surface area (Å²) in [6.45, 7) is 0. The first kappa shape index (κ1) is 28.3. The molecule has 0 amide bonds.